The van der Waals surface area contributed by atoms with Gasteiger partial charge in [-0.3, -0.25) is 0 Å². The van der Waals surface area contributed by atoms with E-state index in [0.29, 0.717) is 13.2 Å². The van der Waals surface area contributed by atoms with Crippen molar-refractivity contribution in [1.82, 2.24) is 5.32 Å². The van der Waals surface area contributed by atoms with Gasteiger partial charge in [-0.25, -0.2) is 8.78 Å². The fraction of sp³-hybridized carbons (Fsp3) is 0.333. The predicted molar refractivity (Wildman–Crippen MR) is 53.0 cm³/mol. The largest absolute Gasteiger partial charge is 0.489 e. The molecule has 1 aromatic rings. The van der Waals surface area contributed by atoms with E-state index in [1.165, 1.54) is 6.07 Å². The van der Waals surface area contributed by atoms with Gasteiger partial charge >= 0.3 is 0 Å². The highest BCUT2D eigenvalue weighted by molar-refractivity contribution is 5.85. The SMILES string of the molecule is CNCCOc1ccc(F)cc1F.Cl. The van der Waals surface area contributed by atoms with Crippen LogP contribution in [0.15, 0.2) is 18.2 Å². The topological polar surface area (TPSA) is 21.3 Å². The maximum atomic E-state index is 12.9. The molecule has 0 atom stereocenters. The summed E-state index contributed by atoms with van der Waals surface area (Å²) in [6.07, 6.45) is 0. The molecule has 0 aromatic heterocycles. The molecule has 0 saturated carbocycles. The molecular formula is C9H12ClF2NO. The lowest BCUT2D eigenvalue weighted by atomic mass is 10.3. The molecule has 0 aliphatic heterocycles. The van der Waals surface area contributed by atoms with Crippen LogP contribution in [0, 0.1) is 11.6 Å². The summed E-state index contributed by atoms with van der Waals surface area (Å²) >= 11 is 0. The molecule has 1 N–H and O–H groups in total. The van der Waals surface area contributed by atoms with Crippen LogP contribution in [0.5, 0.6) is 5.75 Å². The van der Waals surface area contributed by atoms with Gasteiger partial charge in [-0.1, -0.05) is 0 Å². The summed E-state index contributed by atoms with van der Waals surface area (Å²) in [5, 5.41) is 2.85. The van der Waals surface area contributed by atoms with Crippen molar-refractivity contribution in [3.05, 3.63) is 29.8 Å². The molecule has 0 heterocycles. The maximum Gasteiger partial charge on any atom is 0.167 e. The van der Waals surface area contributed by atoms with Crippen molar-refractivity contribution in [2.75, 3.05) is 20.2 Å². The summed E-state index contributed by atoms with van der Waals surface area (Å²) in [4.78, 5) is 0. The van der Waals surface area contributed by atoms with E-state index in [2.05, 4.69) is 5.32 Å². The van der Waals surface area contributed by atoms with Crippen LogP contribution < -0.4 is 10.1 Å². The number of ether oxygens (including phenoxy) is 1. The van der Waals surface area contributed by atoms with Crippen LogP contribution in [0.4, 0.5) is 8.78 Å². The fourth-order valence-corrected chi connectivity index (χ4v) is 0.855. The molecule has 0 fully saturated rings. The Bertz CT molecular complexity index is 284. The molecule has 0 amide bonds. The molecule has 0 radical (unpaired) electrons. The first-order chi connectivity index (χ1) is 6.24. The highest BCUT2D eigenvalue weighted by Crippen LogP contribution is 2.16. The van der Waals surface area contributed by atoms with Gasteiger partial charge in [0.15, 0.2) is 11.6 Å². The first-order valence-electron chi connectivity index (χ1n) is 3.96. The van der Waals surface area contributed by atoms with Gasteiger partial charge in [0.25, 0.3) is 0 Å². The third-order valence-electron chi connectivity index (χ3n) is 1.50. The lowest BCUT2D eigenvalue weighted by Gasteiger charge is -2.05. The molecule has 80 valence electrons. The summed E-state index contributed by atoms with van der Waals surface area (Å²) in [7, 11) is 1.77. The zero-order valence-corrected chi connectivity index (χ0v) is 8.54. The van der Waals surface area contributed by atoms with Crippen LogP contribution in [0.2, 0.25) is 0 Å². The Morgan fingerprint density at radius 2 is 2.07 bits per heavy atom. The van der Waals surface area contributed by atoms with Gasteiger partial charge in [0.05, 0.1) is 0 Å². The normalized spacial score (nSPS) is 9.36. The number of nitrogens with one attached hydrogen (secondary N) is 1. The Balaban J connectivity index is 0.00000169. The summed E-state index contributed by atoms with van der Waals surface area (Å²) < 4.78 is 30.3. The van der Waals surface area contributed by atoms with E-state index >= 15 is 0 Å². The van der Waals surface area contributed by atoms with E-state index in [1.807, 2.05) is 0 Å². The van der Waals surface area contributed by atoms with Gasteiger partial charge in [-0.2, -0.15) is 0 Å². The predicted octanol–water partition coefficient (Wildman–Crippen LogP) is 1.98. The first kappa shape index (κ1) is 13.1. The smallest absolute Gasteiger partial charge is 0.167 e. The summed E-state index contributed by atoms with van der Waals surface area (Å²) in [5.41, 5.74) is 0. The van der Waals surface area contributed by atoms with Crippen molar-refractivity contribution in [2.45, 2.75) is 0 Å². The molecule has 0 bridgehead atoms. The zero-order chi connectivity index (χ0) is 9.68. The second-order valence-corrected chi connectivity index (χ2v) is 2.53. The average Bonchev–Trinajstić information content (AvgIpc) is 2.09. The monoisotopic (exact) mass is 223 g/mol. The summed E-state index contributed by atoms with van der Waals surface area (Å²) in [6.45, 7) is 0.982. The Hall–Kier alpha value is -0.870. The molecular weight excluding hydrogens is 212 g/mol. The van der Waals surface area contributed by atoms with E-state index in [4.69, 9.17) is 4.74 Å². The summed E-state index contributed by atoms with van der Waals surface area (Å²) in [6, 6.07) is 3.24. The van der Waals surface area contributed by atoms with Crippen molar-refractivity contribution in [2.24, 2.45) is 0 Å². The quantitative estimate of drug-likeness (QED) is 0.789. The Morgan fingerprint density at radius 3 is 2.64 bits per heavy atom. The first-order valence-corrected chi connectivity index (χ1v) is 3.96. The Labute approximate surface area is 87.7 Å². The molecule has 1 aromatic carbocycles. The Kier molecular flexibility index (Phi) is 6.16. The van der Waals surface area contributed by atoms with Crippen molar-refractivity contribution in [3.8, 4) is 5.75 Å². The van der Waals surface area contributed by atoms with Gasteiger partial charge in [0.2, 0.25) is 0 Å². The van der Waals surface area contributed by atoms with Crippen molar-refractivity contribution < 1.29 is 13.5 Å². The number of likely N-dealkylation sites (N-methyl/N-ethyl adjacent to an activating group) is 1. The molecule has 0 saturated heterocycles. The standard InChI is InChI=1S/C9H11F2NO.ClH/c1-12-4-5-13-9-3-2-7(10)6-8(9)11;/h2-3,6,12H,4-5H2,1H3;1H. The van der Waals surface area contributed by atoms with E-state index < -0.39 is 11.6 Å². The summed E-state index contributed by atoms with van der Waals surface area (Å²) in [5.74, 6) is -1.19. The minimum atomic E-state index is -0.670. The zero-order valence-electron chi connectivity index (χ0n) is 7.72. The maximum absolute atomic E-state index is 12.9. The third kappa shape index (κ3) is 3.89. The number of hydrogen-bond acceptors (Lipinski definition) is 2. The van der Waals surface area contributed by atoms with Gasteiger partial charge in [0.1, 0.15) is 12.4 Å². The van der Waals surface area contributed by atoms with E-state index in [9.17, 15) is 8.78 Å². The second kappa shape index (κ2) is 6.56. The van der Waals surface area contributed by atoms with Crippen LogP contribution in [-0.2, 0) is 0 Å². The minimum absolute atomic E-state index is 0. The highest BCUT2D eigenvalue weighted by atomic mass is 35.5. The van der Waals surface area contributed by atoms with Gasteiger partial charge in [-0.05, 0) is 19.2 Å². The molecule has 1 rings (SSSR count). The number of halogens is 3. The van der Waals surface area contributed by atoms with Gasteiger partial charge in [-0.15, -0.1) is 12.4 Å². The molecule has 0 unspecified atom stereocenters. The highest BCUT2D eigenvalue weighted by Gasteiger charge is 2.03. The van der Waals surface area contributed by atoms with Crippen LogP contribution in [-0.4, -0.2) is 20.2 Å². The Morgan fingerprint density at radius 1 is 1.36 bits per heavy atom. The van der Waals surface area contributed by atoms with Gasteiger partial charge < -0.3 is 10.1 Å². The number of rotatable bonds is 4. The minimum Gasteiger partial charge on any atom is -0.489 e. The van der Waals surface area contributed by atoms with Crippen LogP contribution in [0.3, 0.4) is 0 Å². The van der Waals surface area contributed by atoms with E-state index in [1.54, 1.807) is 7.05 Å². The van der Waals surface area contributed by atoms with Crippen LogP contribution in [0.25, 0.3) is 0 Å². The molecule has 0 aliphatic rings. The van der Waals surface area contributed by atoms with Crippen LogP contribution in [0.1, 0.15) is 0 Å². The molecule has 0 aliphatic carbocycles. The van der Waals surface area contributed by atoms with E-state index in [0.717, 1.165) is 12.1 Å². The fourth-order valence-electron chi connectivity index (χ4n) is 0.855. The third-order valence-corrected chi connectivity index (χ3v) is 1.50. The lowest BCUT2D eigenvalue weighted by molar-refractivity contribution is 0.301. The molecule has 5 heteroatoms. The van der Waals surface area contributed by atoms with Crippen molar-refractivity contribution in [3.63, 3.8) is 0 Å². The van der Waals surface area contributed by atoms with Crippen LogP contribution >= 0.6 is 12.4 Å². The molecule has 14 heavy (non-hydrogen) atoms. The van der Waals surface area contributed by atoms with Gasteiger partial charge in [0, 0.05) is 12.6 Å². The average molecular weight is 224 g/mol. The van der Waals surface area contributed by atoms with E-state index in [-0.39, 0.29) is 18.2 Å². The lowest BCUT2D eigenvalue weighted by Crippen LogP contribution is -2.16. The van der Waals surface area contributed by atoms with Crippen molar-refractivity contribution in [1.29, 1.82) is 0 Å². The molecule has 0 spiro atoms. The second-order valence-electron chi connectivity index (χ2n) is 2.53. The molecule has 2 nitrogen and oxygen atoms in total. The number of hydrogen-bond donors (Lipinski definition) is 1. The number of benzene rings is 1. The van der Waals surface area contributed by atoms with Crippen molar-refractivity contribution >= 4 is 12.4 Å².